The molecule has 2 heteroatoms. The highest BCUT2D eigenvalue weighted by Gasteiger charge is 2.33. The third-order valence-electron chi connectivity index (χ3n) is 3.21. The minimum absolute atomic E-state index is 0.250. The van der Waals surface area contributed by atoms with Crippen molar-refractivity contribution in [2.45, 2.75) is 40.0 Å². The van der Waals surface area contributed by atoms with Gasteiger partial charge in [-0.15, -0.1) is 0 Å². The lowest BCUT2D eigenvalue weighted by Gasteiger charge is -2.15. The van der Waals surface area contributed by atoms with E-state index < -0.39 is 0 Å². The molecule has 1 fully saturated rings. The number of aryl methyl sites for hydroxylation is 2. The second kappa shape index (κ2) is 4.91. The highest BCUT2D eigenvalue weighted by molar-refractivity contribution is 6.03. The van der Waals surface area contributed by atoms with Gasteiger partial charge in [-0.2, -0.15) is 0 Å². The van der Waals surface area contributed by atoms with E-state index in [1.165, 1.54) is 0 Å². The van der Waals surface area contributed by atoms with Gasteiger partial charge in [0, 0.05) is 5.92 Å². The van der Waals surface area contributed by atoms with E-state index in [9.17, 15) is 4.79 Å². The van der Waals surface area contributed by atoms with Crippen LogP contribution in [0.1, 0.15) is 47.7 Å². The molecule has 0 aliphatic heterocycles. The first-order chi connectivity index (χ1) is 8.15. The Labute approximate surface area is 103 Å². The second-order valence-corrected chi connectivity index (χ2v) is 4.89. The van der Waals surface area contributed by atoms with Crippen LogP contribution in [0.4, 0.5) is 0 Å². The van der Waals surface area contributed by atoms with Gasteiger partial charge in [-0.1, -0.05) is 19.1 Å². The van der Waals surface area contributed by atoms with Crippen LogP contribution in [0.5, 0.6) is 5.75 Å². The van der Waals surface area contributed by atoms with Crippen molar-refractivity contribution in [1.29, 1.82) is 0 Å². The quantitative estimate of drug-likeness (QED) is 0.724. The maximum absolute atomic E-state index is 12.3. The van der Waals surface area contributed by atoms with E-state index in [0.717, 1.165) is 41.7 Å². The number of hydrogen-bond donors (Lipinski definition) is 0. The number of ether oxygens (including phenoxy) is 1. The van der Waals surface area contributed by atoms with Crippen molar-refractivity contribution in [3.63, 3.8) is 0 Å². The number of hydrogen-bond acceptors (Lipinski definition) is 2. The summed E-state index contributed by atoms with van der Waals surface area (Å²) in [6, 6.07) is 4.05. The van der Waals surface area contributed by atoms with Crippen molar-refractivity contribution in [2.24, 2.45) is 5.92 Å². The Balaban J connectivity index is 2.38. The molecule has 2 nitrogen and oxygen atoms in total. The Morgan fingerprint density at radius 1 is 1.29 bits per heavy atom. The molecule has 0 amide bonds. The molecule has 0 N–H and O–H groups in total. The molecular weight excluding hydrogens is 212 g/mol. The molecular formula is C15H20O2. The molecule has 1 saturated carbocycles. The van der Waals surface area contributed by atoms with E-state index in [-0.39, 0.29) is 11.7 Å². The predicted octanol–water partition coefficient (Wildman–Crippen LogP) is 3.68. The fourth-order valence-electron chi connectivity index (χ4n) is 2.03. The molecule has 1 aromatic carbocycles. The molecule has 92 valence electrons. The standard InChI is InChI=1S/C15H20O2/c1-4-9-17-15-11(3)6-5-10(2)13(15)14(16)12-7-8-12/h5-6,12H,4,7-9H2,1-3H3. The number of carbonyl (C=O) groups excluding carboxylic acids is 1. The summed E-state index contributed by atoms with van der Waals surface area (Å²) in [5.41, 5.74) is 2.92. The summed E-state index contributed by atoms with van der Waals surface area (Å²) in [5, 5.41) is 0. The molecule has 0 saturated heterocycles. The second-order valence-electron chi connectivity index (χ2n) is 4.89. The van der Waals surface area contributed by atoms with Gasteiger partial charge in [-0.05, 0) is 44.2 Å². The van der Waals surface area contributed by atoms with Crippen LogP contribution in [0.3, 0.4) is 0 Å². The minimum atomic E-state index is 0.250. The summed E-state index contributed by atoms with van der Waals surface area (Å²) in [6.07, 6.45) is 3.04. The summed E-state index contributed by atoms with van der Waals surface area (Å²) in [4.78, 5) is 12.3. The summed E-state index contributed by atoms with van der Waals surface area (Å²) in [6.45, 7) is 6.75. The Morgan fingerprint density at radius 2 is 1.94 bits per heavy atom. The van der Waals surface area contributed by atoms with Crippen molar-refractivity contribution in [2.75, 3.05) is 6.61 Å². The largest absolute Gasteiger partial charge is 0.493 e. The first-order valence-corrected chi connectivity index (χ1v) is 6.42. The molecule has 1 aliphatic carbocycles. The number of Topliss-reactive ketones (excluding diaryl/α,β-unsaturated/α-hetero) is 1. The van der Waals surface area contributed by atoms with E-state index in [0.29, 0.717) is 6.61 Å². The average molecular weight is 232 g/mol. The Bertz CT molecular complexity index is 431. The molecule has 17 heavy (non-hydrogen) atoms. The minimum Gasteiger partial charge on any atom is -0.493 e. The zero-order chi connectivity index (χ0) is 12.4. The number of carbonyl (C=O) groups is 1. The van der Waals surface area contributed by atoms with Gasteiger partial charge in [-0.3, -0.25) is 4.79 Å². The van der Waals surface area contributed by atoms with Gasteiger partial charge in [0.25, 0.3) is 0 Å². The molecule has 0 bridgehead atoms. The van der Waals surface area contributed by atoms with Gasteiger partial charge in [0.1, 0.15) is 5.75 Å². The maximum atomic E-state index is 12.3. The number of rotatable bonds is 5. The van der Waals surface area contributed by atoms with Crippen LogP contribution in [0.15, 0.2) is 12.1 Å². The zero-order valence-electron chi connectivity index (χ0n) is 10.9. The van der Waals surface area contributed by atoms with Gasteiger partial charge < -0.3 is 4.74 Å². The van der Waals surface area contributed by atoms with Gasteiger partial charge in [-0.25, -0.2) is 0 Å². The first-order valence-electron chi connectivity index (χ1n) is 6.42. The average Bonchev–Trinajstić information content (AvgIpc) is 3.13. The van der Waals surface area contributed by atoms with Crippen LogP contribution >= 0.6 is 0 Å². The lowest BCUT2D eigenvalue weighted by atomic mass is 9.98. The summed E-state index contributed by atoms with van der Waals surface area (Å²) >= 11 is 0. The smallest absolute Gasteiger partial charge is 0.169 e. The van der Waals surface area contributed by atoms with Gasteiger partial charge in [0.2, 0.25) is 0 Å². The molecule has 0 unspecified atom stereocenters. The molecule has 0 spiro atoms. The topological polar surface area (TPSA) is 26.3 Å². The molecule has 0 heterocycles. The van der Waals surface area contributed by atoms with Gasteiger partial charge in [0.15, 0.2) is 5.78 Å². The van der Waals surface area contributed by atoms with E-state index in [1.54, 1.807) is 0 Å². The molecule has 1 aliphatic rings. The van der Waals surface area contributed by atoms with Crippen molar-refractivity contribution in [3.8, 4) is 5.75 Å². The Hall–Kier alpha value is -1.31. The summed E-state index contributed by atoms with van der Waals surface area (Å²) in [5.74, 6) is 1.33. The van der Waals surface area contributed by atoms with E-state index >= 15 is 0 Å². The van der Waals surface area contributed by atoms with Crippen LogP contribution in [0.2, 0.25) is 0 Å². The molecule has 0 aromatic heterocycles. The Kier molecular flexibility index (Phi) is 3.51. The first kappa shape index (κ1) is 12.2. The third-order valence-corrected chi connectivity index (χ3v) is 3.21. The summed E-state index contributed by atoms with van der Waals surface area (Å²) in [7, 11) is 0. The van der Waals surface area contributed by atoms with Crippen molar-refractivity contribution >= 4 is 5.78 Å². The zero-order valence-corrected chi connectivity index (χ0v) is 10.9. The van der Waals surface area contributed by atoms with Crippen LogP contribution in [-0.4, -0.2) is 12.4 Å². The van der Waals surface area contributed by atoms with Crippen LogP contribution in [0.25, 0.3) is 0 Å². The fraction of sp³-hybridized carbons (Fsp3) is 0.533. The number of ketones is 1. The van der Waals surface area contributed by atoms with Crippen molar-refractivity contribution in [1.82, 2.24) is 0 Å². The highest BCUT2D eigenvalue weighted by atomic mass is 16.5. The molecule has 0 atom stereocenters. The summed E-state index contributed by atoms with van der Waals surface area (Å²) < 4.78 is 5.78. The van der Waals surface area contributed by atoms with Crippen molar-refractivity contribution < 1.29 is 9.53 Å². The number of benzene rings is 1. The highest BCUT2D eigenvalue weighted by Crippen LogP contribution is 2.37. The lowest BCUT2D eigenvalue weighted by molar-refractivity contribution is 0.0962. The van der Waals surface area contributed by atoms with Crippen molar-refractivity contribution in [3.05, 3.63) is 28.8 Å². The van der Waals surface area contributed by atoms with E-state index in [4.69, 9.17) is 4.74 Å². The fourth-order valence-corrected chi connectivity index (χ4v) is 2.03. The van der Waals surface area contributed by atoms with Gasteiger partial charge in [0.05, 0.1) is 12.2 Å². The van der Waals surface area contributed by atoms with E-state index in [1.807, 2.05) is 26.0 Å². The van der Waals surface area contributed by atoms with Crippen LogP contribution in [-0.2, 0) is 0 Å². The van der Waals surface area contributed by atoms with E-state index in [2.05, 4.69) is 6.92 Å². The SMILES string of the molecule is CCCOc1c(C)ccc(C)c1C(=O)C1CC1. The normalized spacial score (nSPS) is 14.8. The molecule has 1 aromatic rings. The van der Waals surface area contributed by atoms with Gasteiger partial charge >= 0.3 is 0 Å². The molecule has 2 rings (SSSR count). The Morgan fingerprint density at radius 3 is 2.53 bits per heavy atom. The third kappa shape index (κ3) is 2.51. The predicted molar refractivity (Wildman–Crippen MR) is 68.8 cm³/mol. The lowest BCUT2D eigenvalue weighted by Crippen LogP contribution is -2.09. The van der Waals surface area contributed by atoms with Crippen LogP contribution < -0.4 is 4.74 Å². The monoisotopic (exact) mass is 232 g/mol. The maximum Gasteiger partial charge on any atom is 0.169 e. The molecule has 0 radical (unpaired) electrons. The van der Waals surface area contributed by atoms with Crippen LogP contribution in [0, 0.1) is 19.8 Å².